The van der Waals surface area contributed by atoms with Crippen molar-refractivity contribution in [3.8, 4) is 6.07 Å². The first-order valence-electron chi connectivity index (χ1n) is 6.02. The predicted octanol–water partition coefficient (Wildman–Crippen LogP) is 5.37. The lowest BCUT2D eigenvalue weighted by Crippen LogP contribution is -1.84. The van der Waals surface area contributed by atoms with Crippen molar-refractivity contribution in [1.29, 1.82) is 5.26 Å². The Morgan fingerprint density at radius 2 is 1.78 bits per heavy atom. The molecular formula is C14H19ClN2S. The minimum absolute atomic E-state index is 0.546. The van der Waals surface area contributed by atoms with E-state index in [1.807, 2.05) is 46.8 Å². The van der Waals surface area contributed by atoms with Crippen LogP contribution in [0.2, 0.25) is 5.02 Å². The molecule has 2 rings (SSSR count). The number of nitrogens with zero attached hydrogens (tertiary/aromatic N) is 1. The summed E-state index contributed by atoms with van der Waals surface area (Å²) in [5.41, 5.74) is 7.21. The number of anilines is 1. The van der Waals surface area contributed by atoms with Crippen LogP contribution >= 0.6 is 22.9 Å². The molecule has 0 fully saturated rings. The van der Waals surface area contributed by atoms with E-state index in [-0.39, 0.29) is 0 Å². The lowest BCUT2D eigenvalue weighted by Gasteiger charge is -1.99. The summed E-state index contributed by atoms with van der Waals surface area (Å²) in [6, 6.07) is 5.84. The van der Waals surface area contributed by atoms with Crippen LogP contribution in [0.1, 0.15) is 38.8 Å². The monoisotopic (exact) mass is 282 g/mol. The van der Waals surface area contributed by atoms with Crippen LogP contribution in [0.4, 0.5) is 5.00 Å². The second kappa shape index (κ2) is 7.97. The van der Waals surface area contributed by atoms with Gasteiger partial charge in [0.2, 0.25) is 0 Å². The van der Waals surface area contributed by atoms with E-state index in [1.165, 1.54) is 11.3 Å². The Morgan fingerprint density at radius 1 is 1.22 bits per heavy atom. The lowest BCUT2D eigenvalue weighted by molar-refractivity contribution is 1.49. The minimum Gasteiger partial charge on any atom is -0.389 e. The zero-order chi connectivity index (χ0) is 14.3. The van der Waals surface area contributed by atoms with E-state index in [9.17, 15) is 0 Å². The fraction of sp³-hybridized carbons (Fsp3) is 0.357. The maximum Gasteiger partial charge on any atom is 0.105 e. The van der Waals surface area contributed by atoms with E-state index in [2.05, 4.69) is 6.07 Å². The quantitative estimate of drug-likeness (QED) is 0.706. The summed E-state index contributed by atoms with van der Waals surface area (Å²) in [4.78, 5) is 0. The van der Waals surface area contributed by atoms with Gasteiger partial charge in [-0.2, -0.15) is 5.26 Å². The molecule has 0 radical (unpaired) electrons. The Hall–Kier alpha value is -1.24. The van der Waals surface area contributed by atoms with Gasteiger partial charge < -0.3 is 5.73 Å². The van der Waals surface area contributed by atoms with Crippen LogP contribution in [0.25, 0.3) is 10.1 Å². The molecule has 2 aromatic rings. The third-order valence-corrected chi connectivity index (χ3v) is 3.58. The van der Waals surface area contributed by atoms with Crippen molar-refractivity contribution in [2.24, 2.45) is 0 Å². The maximum absolute atomic E-state index is 8.95. The van der Waals surface area contributed by atoms with Crippen molar-refractivity contribution in [1.82, 2.24) is 0 Å². The van der Waals surface area contributed by atoms with Crippen molar-refractivity contribution in [2.75, 3.05) is 5.73 Å². The molecule has 2 N–H and O–H groups in total. The Balaban J connectivity index is 0.000000659. The molecule has 18 heavy (non-hydrogen) atoms. The number of hydrogen-bond donors (Lipinski definition) is 1. The van der Waals surface area contributed by atoms with E-state index in [0.29, 0.717) is 15.6 Å². The molecule has 4 heteroatoms. The average Bonchev–Trinajstić information content (AvgIpc) is 2.75. The van der Waals surface area contributed by atoms with Crippen molar-refractivity contribution in [3.05, 3.63) is 28.3 Å². The van der Waals surface area contributed by atoms with Crippen LogP contribution in [-0.4, -0.2) is 0 Å². The van der Waals surface area contributed by atoms with Crippen LogP contribution < -0.4 is 5.73 Å². The fourth-order valence-electron chi connectivity index (χ4n) is 1.46. The summed E-state index contributed by atoms with van der Waals surface area (Å²) in [6.07, 6.45) is 0. The molecule has 0 bridgehead atoms. The molecule has 0 amide bonds. The molecule has 0 saturated heterocycles. The van der Waals surface area contributed by atoms with Gasteiger partial charge in [-0.1, -0.05) is 39.3 Å². The molecule has 0 unspecified atom stereocenters. The minimum atomic E-state index is 0.546. The smallest absolute Gasteiger partial charge is 0.105 e. The topological polar surface area (TPSA) is 49.8 Å². The summed E-state index contributed by atoms with van der Waals surface area (Å²) in [7, 11) is 0. The van der Waals surface area contributed by atoms with E-state index >= 15 is 0 Å². The highest BCUT2D eigenvalue weighted by Crippen LogP contribution is 2.37. The van der Waals surface area contributed by atoms with Gasteiger partial charge in [0.15, 0.2) is 0 Å². The number of aryl methyl sites for hydroxylation is 1. The number of halogens is 1. The summed E-state index contributed by atoms with van der Waals surface area (Å²) in [5.74, 6) is 0. The fourth-order valence-corrected chi connectivity index (χ4v) is 2.60. The number of nitrogen functional groups attached to an aromatic ring is 1. The molecule has 0 atom stereocenters. The van der Waals surface area contributed by atoms with Crippen LogP contribution in [-0.2, 0) is 0 Å². The highest BCUT2D eigenvalue weighted by molar-refractivity contribution is 7.23. The summed E-state index contributed by atoms with van der Waals surface area (Å²) < 4.78 is 1.01. The zero-order valence-corrected chi connectivity index (χ0v) is 13.0. The van der Waals surface area contributed by atoms with Crippen molar-refractivity contribution < 1.29 is 0 Å². The molecule has 1 heterocycles. The summed E-state index contributed by atoms with van der Waals surface area (Å²) in [5, 5.41) is 11.1. The molecule has 0 aliphatic rings. The molecule has 0 aliphatic carbocycles. The number of rotatable bonds is 0. The molecule has 98 valence electrons. The van der Waals surface area contributed by atoms with Gasteiger partial charge in [0, 0.05) is 15.1 Å². The second-order valence-electron chi connectivity index (χ2n) is 3.00. The number of nitrogens with two attached hydrogens (primary N) is 1. The predicted molar refractivity (Wildman–Crippen MR) is 83.4 cm³/mol. The molecule has 2 nitrogen and oxygen atoms in total. The van der Waals surface area contributed by atoms with Gasteiger partial charge in [0.05, 0.1) is 5.56 Å². The van der Waals surface area contributed by atoms with Gasteiger partial charge >= 0.3 is 0 Å². The standard InChI is InChI=1S/C10H7ClN2S.2C2H6/c1-5-7(11)2-3-8-9(5)6(4-12)10(13)14-8;2*1-2/h2-3H,13H2,1H3;2*1-2H3. The average molecular weight is 283 g/mol. The zero-order valence-electron chi connectivity index (χ0n) is 11.5. The Morgan fingerprint density at radius 3 is 2.28 bits per heavy atom. The van der Waals surface area contributed by atoms with Gasteiger partial charge in [-0.3, -0.25) is 0 Å². The van der Waals surface area contributed by atoms with Gasteiger partial charge in [0.25, 0.3) is 0 Å². The van der Waals surface area contributed by atoms with Crippen molar-refractivity contribution in [2.45, 2.75) is 34.6 Å². The largest absolute Gasteiger partial charge is 0.389 e. The first-order valence-corrected chi connectivity index (χ1v) is 7.21. The van der Waals surface area contributed by atoms with E-state index < -0.39 is 0 Å². The Bertz CT molecular complexity index is 553. The second-order valence-corrected chi connectivity index (χ2v) is 4.49. The summed E-state index contributed by atoms with van der Waals surface area (Å²) >= 11 is 7.40. The number of benzene rings is 1. The van der Waals surface area contributed by atoms with Crippen molar-refractivity contribution >= 4 is 38.0 Å². The number of hydrogen-bond acceptors (Lipinski definition) is 3. The third-order valence-electron chi connectivity index (χ3n) is 2.19. The van der Waals surface area contributed by atoms with Gasteiger partial charge in [-0.25, -0.2) is 0 Å². The third kappa shape index (κ3) is 3.16. The van der Waals surface area contributed by atoms with Crippen LogP contribution in [0.3, 0.4) is 0 Å². The maximum atomic E-state index is 8.95. The molecular weight excluding hydrogens is 264 g/mol. The summed E-state index contributed by atoms with van der Waals surface area (Å²) in [6.45, 7) is 9.90. The first kappa shape index (κ1) is 16.8. The van der Waals surface area contributed by atoms with Gasteiger partial charge in [-0.15, -0.1) is 11.3 Å². The Kier molecular flexibility index (Phi) is 7.42. The van der Waals surface area contributed by atoms with Crippen LogP contribution in [0, 0.1) is 18.3 Å². The van der Waals surface area contributed by atoms with E-state index in [4.69, 9.17) is 22.6 Å². The number of nitriles is 1. The molecule has 1 aromatic heterocycles. The number of thiophene rings is 1. The van der Waals surface area contributed by atoms with Gasteiger partial charge in [-0.05, 0) is 24.6 Å². The molecule has 0 spiro atoms. The van der Waals surface area contributed by atoms with Crippen LogP contribution in [0.5, 0.6) is 0 Å². The van der Waals surface area contributed by atoms with Gasteiger partial charge in [0.1, 0.15) is 11.1 Å². The first-order chi connectivity index (χ1) is 8.65. The normalized spacial score (nSPS) is 8.72. The highest BCUT2D eigenvalue weighted by atomic mass is 35.5. The SMILES string of the molecule is CC.CC.Cc1c(Cl)ccc2sc(N)c(C#N)c12. The highest BCUT2D eigenvalue weighted by Gasteiger charge is 2.12. The number of fused-ring (bicyclic) bond motifs is 1. The molecule has 0 aliphatic heterocycles. The Labute approximate surface area is 118 Å². The molecule has 1 aromatic carbocycles. The van der Waals surface area contributed by atoms with E-state index in [1.54, 1.807) is 0 Å². The van der Waals surface area contributed by atoms with E-state index in [0.717, 1.165) is 15.6 Å². The lowest BCUT2D eigenvalue weighted by atomic mass is 10.1. The van der Waals surface area contributed by atoms with Crippen molar-refractivity contribution in [3.63, 3.8) is 0 Å². The van der Waals surface area contributed by atoms with Crippen LogP contribution in [0.15, 0.2) is 12.1 Å². The molecule has 0 saturated carbocycles.